The monoisotopic (exact) mass is 637 g/mol. The molecule has 4 aliphatic heterocycles. The van der Waals surface area contributed by atoms with Crippen molar-refractivity contribution in [1.82, 2.24) is 44.9 Å². The van der Waals surface area contributed by atoms with Gasteiger partial charge in [-0.1, -0.05) is 35.5 Å². The molecule has 0 amide bonds. The van der Waals surface area contributed by atoms with E-state index in [0.29, 0.717) is 11.4 Å². The quantitative estimate of drug-likeness (QED) is 0.373. The highest BCUT2D eigenvalue weighted by Crippen LogP contribution is 2.27. The van der Waals surface area contributed by atoms with Crippen LogP contribution >= 0.6 is 0 Å². The Morgan fingerprint density at radius 2 is 1.52 bits per heavy atom. The lowest BCUT2D eigenvalue weighted by molar-refractivity contribution is -0.139. The molecule has 7 rings (SSSR count). The van der Waals surface area contributed by atoms with Gasteiger partial charge in [0.25, 0.3) is 0 Å². The average Bonchev–Trinajstić information content (AvgIpc) is 3.58. The first-order valence-electron chi connectivity index (χ1n) is 18.8. The van der Waals surface area contributed by atoms with Gasteiger partial charge in [0.15, 0.2) is 0 Å². The second kappa shape index (κ2) is 15.2. The standard InChI is InChI=1S/C33H45N9O4/c43-32(44)23-40-13-9-38-10-14-41(24-33(45)46)16-12-39(11-15-40)21-28-17-26(25-5-2-1-3-6-25)18-29(35-28)22-42-31(19-34-37-42)30-8-4-7-27(20-38)36-30/h1-3,5-6,17-19,27,30,36H,4,7-16,20-24H2,(H,43,44)(H,45,46)/i4D,7D,8D,21D,27D,30D. The van der Waals surface area contributed by atoms with Gasteiger partial charge in [-0.25, -0.2) is 4.68 Å². The van der Waals surface area contributed by atoms with Gasteiger partial charge in [0.2, 0.25) is 0 Å². The third-order valence-corrected chi connectivity index (χ3v) is 8.36. The summed E-state index contributed by atoms with van der Waals surface area (Å²) in [5.41, 5.74) is 2.64. The van der Waals surface area contributed by atoms with Gasteiger partial charge in [-0.05, 0) is 42.5 Å². The molecule has 246 valence electrons. The topological polar surface area (TPSA) is 143 Å². The van der Waals surface area contributed by atoms with Crippen LogP contribution in [0.3, 0.4) is 0 Å². The number of carbonyl (C=O) groups is 2. The molecule has 1 aromatic carbocycles. The predicted molar refractivity (Wildman–Crippen MR) is 172 cm³/mol. The number of hydrogen-bond donors (Lipinski definition) is 3. The van der Waals surface area contributed by atoms with E-state index in [9.17, 15) is 23.9 Å². The Bertz CT molecular complexity index is 1700. The Morgan fingerprint density at radius 3 is 2.20 bits per heavy atom. The number of fused-ring (bicyclic) bond motifs is 8. The summed E-state index contributed by atoms with van der Waals surface area (Å²) in [4.78, 5) is 36.0. The minimum atomic E-state index is -2.09. The molecular formula is C33H45N9O4. The molecule has 13 heteroatoms. The van der Waals surface area contributed by atoms with Crippen molar-refractivity contribution < 1.29 is 28.0 Å². The number of nitrogens with zero attached hydrogens (tertiary/aromatic N) is 8. The van der Waals surface area contributed by atoms with Crippen LogP contribution < -0.4 is 5.32 Å². The zero-order valence-electron chi connectivity index (χ0n) is 31.7. The third kappa shape index (κ3) is 8.74. The lowest BCUT2D eigenvalue weighted by Crippen LogP contribution is -2.51. The van der Waals surface area contributed by atoms with Crippen LogP contribution in [-0.2, 0) is 22.7 Å². The Hall–Kier alpha value is -3.75. The molecule has 6 heterocycles. The van der Waals surface area contributed by atoms with Gasteiger partial charge in [0.1, 0.15) is 0 Å². The summed E-state index contributed by atoms with van der Waals surface area (Å²) in [5.74, 6) is -2.05. The molecule has 0 aliphatic carbocycles. The molecule has 3 N–H and O–H groups in total. The number of aliphatic carboxylic acids is 2. The molecule has 2 fully saturated rings. The zero-order chi connectivity index (χ0) is 37.2. The summed E-state index contributed by atoms with van der Waals surface area (Å²) >= 11 is 0. The fourth-order valence-corrected chi connectivity index (χ4v) is 6.02. The van der Waals surface area contributed by atoms with E-state index in [2.05, 4.69) is 15.6 Å². The van der Waals surface area contributed by atoms with Crippen molar-refractivity contribution in [3.8, 4) is 11.1 Å². The molecule has 4 aliphatic rings. The van der Waals surface area contributed by atoms with Crippen LogP contribution in [0.1, 0.15) is 50.5 Å². The van der Waals surface area contributed by atoms with Crippen LogP contribution in [0.5, 0.6) is 0 Å². The SMILES string of the molecule is [2H]C1C([2H])C2([2H])CN3CCN(CC(=O)O)CCN(CCN(CC(=O)O)CC3)C([2H])c3cc(-c4ccccc4)cc(n3)Cn3nncc3C([2H])(N2)C1[2H]. The van der Waals surface area contributed by atoms with Gasteiger partial charge < -0.3 is 15.5 Å². The highest BCUT2D eigenvalue weighted by atomic mass is 16.4. The third-order valence-electron chi connectivity index (χ3n) is 8.36. The molecule has 2 saturated heterocycles. The summed E-state index contributed by atoms with van der Waals surface area (Å²) in [7, 11) is 0. The van der Waals surface area contributed by atoms with Gasteiger partial charge in [-0.2, -0.15) is 0 Å². The van der Waals surface area contributed by atoms with E-state index in [1.54, 1.807) is 9.80 Å². The van der Waals surface area contributed by atoms with E-state index < -0.39 is 49.7 Å². The fourth-order valence-electron chi connectivity index (χ4n) is 6.02. The van der Waals surface area contributed by atoms with Crippen LogP contribution in [-0.4, -0.2) is 140 Å². The van der Waals surface area contributed by atoms with Crippen molar-refractivity contribution in [2.45, 2.75) is 44.3 Å². The van der Waals surface area contributed by atoms with Gasteiger partial charge in [-0.15, -0.1) is 5.10 Å². The van der Waals surface area contributed by atoms with Crippen molar-refractivity contribution in [3.05, 3.63) is 65.7 Å². The fraction of sp³-hybridized carbons (Fsp3) is 0.545. The number of piperidine rings is 1. The van der Waals surface area contributed by atoms with Crippen LogP contribution in [0.25, 0.3) is 11.1 Å². The molecule has 0 radical (unpaired) electrons. The molecule has 6 unspecified atom stereocenters. The van der Waals surface area contributed by atoms with Crippen molar-refractivity contribution in [1.29, 1.82) is 0 Å². The highest BCUT2D eigenvalue weighted by Gasteiger charge is 2.28. The molecular weight excluding hydrogens is 586 g/mol. The maximum absolute atomic E-state index is 12.0. The van der Waals surface area contributed by atoms with Crippen molar-refractivity contribution in [3.63, 3.8) is 0 Å². The lowest BCUT2D eigenvalue weighted by atomic mass is 9.96. The lowest BCUT2D eigenvalue weighted by Gasteiger charge is -2.37. The Labute approximate surface area is 278 Å². The zero-order valence-corrected chi connectivity index (χ0v) is 25.7. The number of nitrogens with one attached hydrogen (secondary N) is 1. The number of benzene rings is 1. The first-order chi connectivity index (χ1) is 24.8. The van der Waals surface area contributed by atoms with Crippen LogP contribution in [0.15, 0.2) is 48.7 Å². The Balaban J connectivity index is 1.52. The number of pyridine rings is 1. The van der Waals surface area contributed by atoms with Crippen LogP contribution in [0.4, 0.5) is 0 Å². The van der Waals surface area contributed by atoms with Crippen molar-refractivity contribution in [2.24, 2.45) is 0 Å². The molecule has 0 saturated carbocycles. The molecule has 2 aromatic heterocycles. The maximum Gasteiger partial charge on any atom is 0.317 e. The second-order valence-electron chi connectivity index (χ2n) is 11.8. The molecule has 0 spiro atoms. The van der Waals surface area contributed by atoms with Crippen molar-refractivity contribution in [2.75, 3.05) is 72.0 Å². The van der Waals surface area contributed by atoms with Gasteiger partial charge >= 0.3 is 11.9 Å². The second-order valence-corrected chi connectivity index (χ2v) is 11.8. The number of rotatable bonds is 5. The minimum absolute atomic E-state index is 0.00632. The molecule has 6 bridgehead atoms. The molecule has 6 atom stereocenters. The van der Waals surface area contributed by atoms with E-state index in [0.717, 1.165) is 11.1 Å². The Morgan fingerprint density at radius 1 is 0.870 bits per heavy atom. The first kappa shape index (κ1) is 25.4. The summed E-state index contributed by atoms with van der Waals surface area (Å²) in [5, 5.41) is 30.9. The van der Waals surface area contributed by atoms with E-state index in [-0.39, 0.29) is 84.2 Å². The number of carboxylic acids is 2. The summed E-state index contributed by atoms with van der Waals surface area (Å²) in [6, 6.07) is 9.22. The van der Waals surface area contributed by atoms with Gasteiger partial charge in [0, 0.05) is 78.3 Å². The molecule has 13 nitrogen and oxygen atoms in total. The van der Waals surface area contributed by atoms with E-state index in [1.807, 2.05) is 52.3 Å². The normalized spacial score (nSPS) is 36.8. The van der Waals surface area contributed by atoms with E-state index >= 15 is 0 Å². The summed E-state index contributed by atoms with van der Waals surface area (Å²) < 4.78 is 57.0. The largest absolute Gasteiger partial charge is 0.480 e. The summed E-state index contributed by atoms with van der Waals surface area (Å²) in [6.45, 7) is 0.398. The van der Waals surface area contributed by atoms with Crippen LogP contribution in [0.2, 0.25) is 0 Å². The summed E-state index contributed by atoms with van der Waals surface area (Å²) in [6.07, 6.45) is -3.08. The van der Waals surface area contributed by atoms with Gasteiger partial charge in [0.05, 0.1) is 50.3 Å². The van der Waals surface area contributed by atoms with Gasteiger partial charge in [-0.3, -0.25) is 34.2 Å². The predicted octanol–water partition coefficient (Wildman–Crippen LogP) is 1.48. The minimum Gasteiger partial charge on any atom is -0.480 e. The highest BCUT2D eigenvalue weighted by molar-refractivity contribution is 5.69. The van der Waals surface area contributed by atoms with E-state index in [4.69, 9.17) is 9.10 Å². The Kier molecular flexibility index (Phi) is 8.39. The maximum atomic E-state index is 12.0. The average molecular weight is 638 g/mol. The first-order valence-corrected chi connectivity index (χ1v) is 15.5. The van der Waals surface area contributed by atoms with Crippen LogP contribution in [0, 0.1) is 0 Å². The molecule has 46 heavy (non-hydrogen) atoms. The van der Waals surface area contributed by atoms with E-state index in [1.165, 1.54) is 10.9 Å². The molecule has 3 aromatic rings. The van der Waals surface area contributed by atoms with Crippen molar-refractivity contribution >= 4 is 11.9 Å². The smallest absolute Gasteiger partial charge is 0.317 e. The number of carboxylic acid groups (broad SMARTS) is 2. The number of aromatic nitrogens is 4. The number of hydrogen-bond acceptors (Lipinski definition) is 10.